The Balaban J connectivity index is 1.87. The number of nitrogens with one attached hydrogen (secondary N) is 1. The molecule has 0 bridgehead atoms. The monoisotopic (exact) mass is 410 g/mol. The first kappa shape index (κ1) is 20.6. The Bertz CT molecular complexity index is 1020. The summed E-state index contributed by atoms with van der Waals surface area (Å²) in [5.41, 5.74) is 3.49. The normalized spacial score (nSPS) is 11.8. The summed E-state index contributed by atoms with van der Waals surface area (Å²) in [4.78, 5) is 30.8. The van der Waals surface area contributed by atoms with E-state index < -0.39 is 0 Å². The van der Waals surface area contributed by atoms with Gasteiger partial charge in [0.25, 0.3) is 0 Å². The molecule has 2 amide bonds. The van der Waals surface area contributed by atoms with E-state index in [1.54, 1.807) is 50.6 Å². The van der Waals surface area contributed by atoms with Gasteiger partial charge in [-0.2, -0.15) is 0 Å². The summed E-state index contributed by atoms with van der Waals surface area (Å²) in [5.74, 6) is -0.0640. The van der Waals surface area contributed by atoms with Crippen LogP contribution in [0.2, 0.25) is 5.02 Å². The van der Waals surface area contributed by atoms with Crippen molar-refractivity contribution < 1.29 is 9.59 Å². The molecule has 1 unspecified atom stereocenters. The van der Waals surface area contributed by atoms with Crippen molar-refractivity contribution in [2.45, 2.75) is 19.9 Å². The number of carbonyl (C=O) groups excluding carboxylic acids is 2. The predicted molar refractivity (Wildman–Crippen MR) is 115 cm³/mol. The van der Waals surface area contributed by atoms with E-state index in [1.807, 2.05) is 36.7 Å². The van der Waals surface area contributed by atoms with Crippen molar-refractivity contribution in [2.24, 2.45) is 0 Å². The van der Waals surface area contributed by atoms with Gasteiger partial charge < -0.3 is 14.8 Å². The highest BCUT2D eigenvalue weighted by Crippen LogP contribution is 2.25. The molecule has 1 N–H and O–H groups in total. The van der Waals surface area contributed by atoms with Gasteiger partial charge in [-0.1, -0.05) is 11.6 Å². The fraction of sp³-hybridized carbons (Fsp3) is 0.227. The van der Waals surface area contributed by atoms with Gasteiger partial charge >= 0.3 is 6.03 Å². The Kier molecular flexibility index (Phi) is 6.03. The highest BCUT2D eigenvalue weighted by molar-refractivity contribution is 6.30. The zero-order valence-electron chi connectivity index (χ0n) is 16.8. The fourth-order valence-electron chi connectivity index (χ4n) is 3.01. The number of anilines is 1. The van der Waals surface area contributed by atoms with Crippen molar-refractivity contribution in [1.29, 1.82) is 0 Å². The highest BCUT2D eigenvalue weighted by Gasteiger charge is 2.21. The third-order valence-corrected chi connectivity index (χ3v) is 4.98. The number of carbonyl (C=O) groups is 2. The van der Waals surface area contributed by atoms with Gasteiger partial charge in [0.15, 0.2) is 0 Å². The van der Waals surface area contributed by atoms with Crippen LogP contribution in [0.5, 0.6) is 0 Å². The molecule has 2 heterocycles. The smallest absolute Gasteiger partial charge is 0.321 e. The van der Waals surface area contributed by atoms with Crippen molar-refractivity contribution >= 4 is 29.1 Å². The summed E-state index contributed by atoms with van der Waals surface area (Å²) in [5, 5.41) is 3.35. The maximum atomic E-state index is 13.1. The second-order valence-electron chi connectivity index (χ2n) is 7.06. The molecule has 150 valence electrons. The first-order chi connectivity index (χ1) is 13.8. The number of aromatic nitrogens is 2. The molecule has 1 atom stereocenters. The quantitative estimate of drug-likeness (QED) is 0.615. The van der Waals surface area contributed by atoms with Crippen molar-refractivity contribution in [3.05, 3.63) is 82.4 Å². The first-order valence-electron chi connectivity index (χ1n) is 9.20. The number of hydrogen-bond acceptors (Lipinski definition) is 3. The molecule has 0 radical (unpaired) electrons. The fourth-order valence-corrected chi connectivity index (χ4v) is 3.14. The number of halogens is 1. The maximum absolute atomic E-state index is 13.1. The van der Waals surface area contributed by atoms with Crippen molar-refractivity contribution in [3.63, 3.8) is 0 Å². The van der Waals surface area contributed by atoms with E-state index >= 15 is 0 Å². The molecule has 1 aromatic carbocycles. The predicted octanol–water partition coefficient (Wildman–Crippen LogP) is 4.78. The van der Waals surface area contributed by atoms with Gasteiger partial charge in [-0.25, -0.2) is 4.79 Å². The summed E-state index contributed by atoms with van der Waals surface area (Å²) < 4.78 is 1.92. The number of rotatable bonds is 5. The van der Waals surface area contributed by atoms with Gasteiger partial charge in [0.2, 0.25) is 5.78 Å². The Morgan fingerprint density at radius 1 is 1.10 bits per heavy atom. The van der Waals surface area contributed by atoms with Gasteiger partial charge in [0.05, 0.1) is 29.3 Å². The van der Waals surface area contributed by atoms with Crippen molar-refractivity contribution in [3.8, 4) is 0 Å². The lowest BCUT2D eigenvalue weighted by atomic mass is 10.0. The van der Waals surface area contributed by atoms with Crippen molar-refractivity contribution in [2.75, 3.05) is 19.4 Å². The Hall–Kier alpha value is -3.12. The third-order valence-electron chi connectivity index (χ3n) is 4.73. The van der Waals surface area contributed by atoms with Gasteiger partial charge in [0, 0.05) is 30.9 Å². The Morgan fingerprint density at radius 2 is 1.79 bits per heavy atom. The number of hydrogen-bond donors (Lipinski definition) is 1. The second kappa shape index (κ2) is 8.49. The van der Waals surface area contributed by atoms with Crippen molar-refractivity contribution in [1.82, 2.24) is 14.5 Å². The van der Waals surface area contributed by atoms with Gasteiger partial charge in [-0.15, -0.1) is 0 Å². The van der Waals surface area contributed by atoms with Crippen LogP contribution in [0.25, 0.3) is 0 Å². The molecule has 7 heteroatoms. The lowest BCUT2D eigenvalue weighted by molar-refractivity contribution is 0.102. The molecule has 6 nitrogen and oxygen atoms in total. The van der Waals surface area contributed by atoms with E-state index in [2.05, 4.69) is 10.3 Å². The molecule has 0 aliphatic carbocycles. The number of benzene rings is 1. The lowest BCUT2D eigenvalue weighted by Crippen LogP contribution is -2.27. The lowest BCUT2D eigenvalue weighted by Gasteiger charge is -2.18. The van der Waals surface area contributed by atoms with Gasteiger partial charge in [0.1, 0.15) is 0 Å². The van der Waals surface area contributed by atoms with Crippen LogP contribution in [0.1, 0.15) is 40.3 Å². The number of amides is 2. The minimum atomic E-state index is -0.218. The summed E-state index contributed by atoms with van der Waals surface area (Å²) >= 11 is 5.94. The van der Waals surface area contributed by atoms with Crippen LogP contribution in [-0.2, 0) is 0 Å². The summed E-state index contributed by atoms with van der Waals surface area (Å²) in [7, 11) is 3.35. The summed E-state index contributed by atoms with van der Waals surface area (Å²) in [6, 6.07) is 12.1. The van der Waals surface area contributed by atoms with Crippen LogP contribution < -0.4 is 5.32 Å². The molecule has 3 rings (SSSR count). The SMILES string of the molecule is Cc1ccn(C(C)c2ccc(NC(=O)N(C)C)cn2)c1C(=O)c1ccc(Cl)cc1. The van der Waals surface area contributed by atoms with Crippen LogP contribution in [-0.4, -0.2) is 40.4 Å². The molecule has 0 aliphatic heterocycles. The molecule has 0 saturated heterocycles. The molecular weight excluding hydrogens is 388 g/mol. The average molecular weight is 411 g/mol. The Labute approximate surface area is 175 Å². The number of ketones is 1. The van der Waals surface area contributed by atoms with Crippen LogP contribution in [0, 0.1) is 6.92 Å². The van der Waals surface area contributed by atoms with Crippen LogP contribution in [0.3, 0.4) is 0 Å². The van der Waals surface area contributed by atoms with E-state index in [0.717, 1.165) is 11.3 Å². The number of aryl methyl sites for hydroxylation is 1. The van der Waals surface area contributed by atoms with Gasteiger partial charge in [-0.05, 0) is 61.9 Å². The number of pyridine rings is 1. The summed E-state index contributed by atoms with van der Waals surface area (Å²) in [6.45, 7) is 3.90. The third kappa shape index (κ3) is 4.49. The van der Waals surface area contributed by atoms with E-state index in [1.165, 1.54) is 4.90 Å². The van der Waals surface area contributed by atoms with E-state index in [4.69, 9.17) is 11.6 Å². The molecule has 0 aliphatic rings. The topological polar surface area (TPSA) is 67.2 Å². The zero-order chi connectivity index (χ0) is 21.1. The zero-order valence-corrected chi connectivity index (χ0v) is 17.6. The second-order valence-corrected chi connectivity index (χ2v) is 7.50. The van der Waals surface area contributed by atoms with Crippen LogP contribution >= 0.6 is 11.6 Å². The molecule has 0 fully saturated rings. The minimum Gasteiger partial charge on any atom is -0.336 e. The van der Waals surface area contributed by atoms with E-state index in [0.29, 0.717) is 22.0 Å². The van der Waals surface area contributed by atoms with E-state index in [-0.39, 0.29) is 17.9 Å². The van der Waals surface area contributed by atoms with E-state index in [9.17, 15) is 9.59 Å². The van der Waals surface area contributed by atoms with Crippen LogP contribution in [0.15, 0.2) is 54.9 Å². The molecule has 3 aromatic rings. The molecule has 29 heavy (non-hydrogen) atoms. The standard InChI is InChI=1S/C22H23ClN4O2/c1-14-11-12-27(20(14)21(28)16-5-7-17(23)8-6-16)15(2)19-10-9-18(13-24-19)25-22(29)26(3)4/h5-13,15H,1-4H3,(H,25,29). The average Bonchev–Trinajstić information content (AvgIpc) is 3.09. The number of nitrogens with zero attached hydrogens (tertiary/aromatic N) is 3. The minimum absolute atomic E-state index is 0.0640. The molecule has 0 spiro atoms. The van der Waals surface area contributed by atoms with Crippen LogP contribution in [0.4, 0.5) is 10.5 Å². The summed E-state index contributed by atoms with van der Waals surface area (Å²) in [6.07, 6.45) is 3.51. The first-order valence-corrected chi connectivity index (χ1v) is 9.57. The maximum Gasteiger partial charge on any atom is 0.321 e. The molecule has 0 saturated carbocycles. The molecular formula is C22H23ClN4O2. The molecule has 2 aromatic heterocycles. The Morgan fingerprint density at radius 3 is 2.38 bits per heavy atom. The highest BCUT2D eigenvalue weighted by atomic mass is 35.5. The number of urea groups is 1. The van der Waals surface area contributed by atoms with Gasteiger partial charge in [-0.3, -0.25) is 9.78 Å². The largest absolute Gasteiger partial charge is 0.336 e.